The van der Waals surface area contributed by atoms with Crippen molar-refractivity contribution in [1.29, 1.82) is 5.26 Å². The van der Waals surface area contributed by atoms with Gasteiger partial charge in [0.2, 0.25) is 0 Å². The second-order valence-electron chi connectivity index (χ2n) is 14.4. The number of aromatic nitrogens is 3. The van der Waals surface area contributed by atoms with E-state index in [4.69, 9.17) is 15.0 Å². The standard InChI is InChI=1S/C45H36N4/c1-44(2)28-45(3,4)40-26-32(20-21-39(40)44)35-22-29(27-46)23-36(25-35)43-48-41(31-13-6-5-7-14-31)47-42(49-43)34-17-10-16-33(24-34)38-19-11-15-30-12-8-9-18-37(30)38/h5-26H,28H2,1-4H3. The average Bonchev–Trinajstić information content (AvgIpc) is 3.33. The zero-order chi connectivity index (χ0) is 33.8. The van der Waals surface area contributed by atoms with Crippen molar-refractivity contribution in [3.05, 3.63) is 150 Å². The number of rotatable bonds is 5. The molecule has 0 fully saturated rings. The molecule has 0 radical (unpaired) electrons. The van der Waals surface area contributed by atoms with Crippen LogP contribution in [-0.4, -0.2) is 15.0 Å². The summed E-state index contributed by atoms with van der Waals surface area (Å²) in [5.74, 6) is 1.69. The molecule has 0 N–H and O–H groups in total. The topological polar surface area (TPSA) is 62.5 Å². The van der Waals surface area contributed by atoms with Crippen LogP contribution >= 0.6 is 0 Å². The molecule has 0 aliphatic heterocycles. The van der Waals surface area contributed by atoms with Gasteiger partial charge >= 0.3 is 0 Å². The van der Waals surface area contributed by atoms with Gasteiger partial charge in [0.25, 0.3) is 0 Å². The minimum atomic E-state index is 0.0682. The van der Waals surface area contributed by atoms with Crippen LogP contribution in [0.3, 0.4) is 0 Å². The van der Waals surface area contributed by atoms with Gasteiger partial charge in [-0.1, -0.05) is 137 Å². The van der Waals surface area contributed by atoms with E-state index in [-0.39, 0.29) is 10.8 Å². The van der Waals surface area contributed by atoms with Gasteiger partial charge in [0.1, 0.15) is 0 Å². The zero-order valence-electron chi connectivity index (χ0n) is 28.2. The van der Waals surface area contributed by atoms with Crippen LogP contribution in [0.1, 0.15) is 50.8 Å². The average molecular weight is 633 g/mol. The lowest BCUT2D eigenvalue weighted by Gasteiger charge is -2.22. The molecule has 49 heavy (non-hydrogen) atoms. The Balaban J connectivity index is 1.28. The van der Waals surface area contributed by atoms with Gasteiger partial charge < -0.3 is 0 Å². The van der Waals surface area contributed by atoms with Crippen molar-refractivity contribution in [3.8, 4) is 62.5 Å². The number of hydrogen-bond acceptors (Lipinski definition) is 4. The summed E-state index contributed by atoms with van der Waals surface area (Å²) in [4.78, 5) is 15.1. The van der Waals surface area contributed by atoms with E-state index >= 15 is 0 Å². The maximum Gasteiger partial charge on any atom is 0.164 e. The second kappa shape index (κ2) is 11.6. The van der Waals surface area contributed by atoms with Gasteiger partial charge in [0.05, 0.1) is 11.6 Å². The zero-order valence-corrected chi connectivity index (χ0v) is 28.2. The fraction of sp³-hybridized carbons (Fsp3) is 0.156. The van der Waals surface area contributed by atoms with E-state index in [2.05, 4.69) is 119 Å². The Hall–Kier alpha value is -5.92. The summed E-state index contributed by atoms with van der Waals surface area (Å²) in [6, 6.07) is 48.4. The highest BCUT2D eigenvalue weighted by molar-refractivity contribution is 5.97. The molecule has 4 heteroatoms. The normalized spacial score (nSPS) is 14.3. The Morgan fingerprint density at radius 1 is 0.490 bits per heavy atom. The molecule has 236 valence electrons. The van der Waals surface area contributed by atoms with Gasteiger partial charge in [-0.25, -0.2) is 15.0 Å². The molecule has 1 aromatic heterocycles. The molecule has 0 bridgehead atoms. The molecule has 1 aliphatic rings. The van der Waals surface area contributed by atoms with Gasteiger partial charge in [-0.05, 0) is 85.7 Å². The van der Waals surface area contributed by atoms with Crippen molar-refractivity contribution < 1.29 is 0 Å². The lowest BCUT2D eigenvalue weighted by atomic mass is 9.82. The molecule has 0 unspecified atom stereocenters. The van der Waals surface area contributed by atoms with Crippen LogP contribution in [0.15, 0.2) is 133 Å². The molecule has 0 spiro atoms. The monoisotopic (exact) mass is 632 g/mol. The van der Waals surface area contributed by atoms with Crippen molar-refractivity contribution in [1.82, 2.24) is 15.0 Å². The van der Waals surface area contributed by atoms with Crippen molar-refractivity contribution in [2.75, 3.05) is 0 Å². The Kier molecular flexibility index (Phi) is 7.23. The summed E-state index contributed by atoms with van der Waals surface area (Å²) in [7, 11) is 0. The molecule has 4 nitrogen and oxygen atoms in total. The molecule has 1 aliphatic carbocycles. The fourth-order valence-electron chi connectivity index (χ4n) is 7.81. The number of nitriles is 1. The maximum absolute atomic E-state index is 10.2. The van der Waals surface area contributed by atoms with E-state index in [1.54, 1.807) is 0 Å². The number of fused-ring (bicyclic) bond motifs is 2. The van der Waals surface area contributed by atoms with Gasteiger partial charge in [-0.3, -0.25) is 0 Å². The Morgan fingerprint density at radius 2 is 1.08 bits per heavy atom. The lowest BCUT2D eigenvalue weighted by Crippen LogP contribution is -2.17. The van der Waals surface area contributed by atoms with Crippen LogP contribution in [0.25, 0.3) is 67.2 Å². The van der Waals surface area contributed by atoms with Crippen molar-refractivity contribution in [3.63, 3.8) is 0 Å². The molecular weight excluding hydrogens is 597 g/mol. The quantitative estimate of drug-likeness (QED) is 0.189. The van der Waals surface area contributed by atoms with Gasteiger partial charge in [0, 0.05) is 16.7 Å². The Labute approximate surface area is 287 Å². The van der Waals surface area contributed by atoms with E-state index in [0.717, 1.165) is 45.4 Å². The second-order valence-corrected chi connectivity index (χ2v) is 14.4. The smallest absolute Gasteiger partial charge is 0.164 e. The highest BCUT2D eigenvalue weighted by Gasteiger charge is 2.41. The van der Waals surface area contributed by atoms with Crippen LogP contribution in [0.4, 0.5) is 0 Å². The van der Waals surface area contributed by atoms with Crippen molar-refractivity contribution in [2.45, 2.75) is 44.9 Å². The van der Waals surface area contributed by atoms with E-state index in [9.17, 15) is 5.26 Å². The molecule has 6 aromatic carbocycles. The highest BCUT2D eigenvalue weighted by Crippen LogP contribution is 2.50. The highest BCUT2D eigenvalue weighted by atomic mass is 15.0. The van der Waals surface area contributed by atoms with Crippen molar-refractivity contribution in [2.24, 2.45) is 0 Å². The summed E-state index contributed by atoms with van der Waals surface area (Å²) in [6.45, 7) is 9.31. The third-order valence-corrected chi connectivity index (χ3v) is 9.90. The molecule has 8 rings (SSSR count). The third kappa shape index (κ3) is 5.58. The molecule has 1 heterocycles. The first-order chi connectivity index (χ1) is 23.7. The van der Waals surface area contributed by atoms with Gasteiger partial charge in [-0.2, -0.15) is 5.26 Å². The molecule has 0 amide bonds. The Morgan fingerprint density at radius 3 is 1.88 bits per heavy atom. The summed E-state index contributed by atoms with van der Waals surface area (Å²) < 4.78 is 0. The van der Waals surface area contributed by atoms with Crippen LogP contribution in [0.2, 0.25) is 0 Å². The predicted octanol–water partition coefficient (Wildman–Crippen LogP) is 11.2. The molecule has 7 aromatic rings. The SMILES string of the molecule is CC1(C)CC(C)(C)c2cc(-c3cc(C#N)cc(-c4nc(-c5ccccc5)nc(-c5cccc(-c6cccc7ccccc67)c5)n4)c3)ccc21. The minimum absolute atomic E-state index is 0.0682. The fourth-order valence-corrected chi connectivity index (χ4v) is 7.81. The van der Waals surface area contributed by atoms with Crippen LogP contribution in [0, 0.1) is 11.3 Å². The largest absolute Gasteiger partial charge is 0.208 e. The summed E-state index contributed by atoms with van der Waals surface area (Å²) >= 11 is 0. The van der Waals surface area contributed by atoms with E-state index in [0.29, 0.717) is 23.0 Å². The summed E-state index contributed by atoms with van der Waals surface area (Å²) in [5.41, 5.74) is 10.4. The van der Waals surface area contributed by atoms with Crippen molar-refractivity contribution >= 4 is 10.8 Å². The molecule has 0 saturated heterocycles. The molecular formula is C45H36N4. The summed E-state index contributed by atoms with van der Waals surface area (Å²) in [5, 5.41) is 12.6. The predicted molar refractivity (Wildman–Crippen MR) is 200 cm³/mol. The minimum Gasteiger partial charge on any atom is -0.208 e. The number of nitrogens with zero attached hydrogens (tertiary/aromatic N) is 4. The van der Waals surface area contributed by atoms with Crippen LogP contribution in [-0.2, 0) is 10.8 Å². The van der Waals surface area contributed by atoms with Gasteiger partial charge in [0.15, 0.2) is 17.5 Å². The first-order valence-electron chi connectivity index (χ1n) is 16.8. The first kappa shape index (κ1) is 30.4. The molecule has 0 atom stereocenters. The first-order valence-corrected chi connectivity index (χ1v) is 16.8. The number of hydrogen-bond donors (Lipinski definition) is 0. The molecule has 0 saturated carbocycles. The number of benzene rings is 6. The maximum atomic E-state index is 10.2. The summed E-state index contributed by atoms with van der Waals surface area (Å²) in [6.07, 6.45) is 1.10. The van der Waals surface area contributed by atoms with E-state index in [1.807, 2.05) is 48.5 Å². The Bertz CT molecular complexity index is 2430. The van der Waals surface area contributed by atoms with Crippen LogP contribution in [0.5, 0.6) is 0 Å². The third-order valence-electron chi connectivity index (χ3n) is 9.90. The van der Waals surface area contributed by atoms with Gasteiger partial charge in [-0.15, -0.1) is 0 Å². The van der Waals surface area contributed by atoms with Crippen LogP contribution < -0.4 is 0 Å². The lowest BCUT2D eigenvalue weighted by molar-refractivity contribution is 0.403. The van der Waals surface area contributed by atoms with E-state index in [1.165, 1.54) is 21.9 Å². The van der Waals surface area contributed by atoms with E-state index < -0.39 is 0 Å².